The van der Waals surface area contributed by atoms with Gasteiger partial charge in [0.05, 0.1) is 18.4 Å². The largest absolute Gasteiger partial charge is 0.480 e. The molecule has 2 heterocycles. The number of hydrogen-bond acceptors (Lipinski definition) is 3. The van der Waals surface area contributed by atoms with Crippen molar-refractivity contribution in [1.29, 1.82) is 0 Å². The number of ether oxygens (including phenoxy) is 1. The average Bonchev–Trinajstić information content (AvgIpc) is 2.58. The van der Waals surface area contributed by atoms with Gasteiger partial charge in [0.25, 0.3) is 0 Å². The predicted molar refractivity (Wildman–Crippen MR) is 56.7 cm³/mol. The zero-order chi connectivity index (χ0) is 11.4. The van der Waals surface area contributed by atoms with E-state index in [0.717, 1.165) is 12.1 Å². The van der Waals surface area contributed by atoms with E-state index in [1.807, 2.05) is 20.9 Å². The van der Waals surface area contributed by atoms with Crippen LogP contribution in [0, 0.1) is 0 Å². The second kappa shape index (κ2) is 5.11. The Kier molecular flexibility index (Phi) is 4.08. The van der Waals surface area contributed by atoms with E-state index in [9.17, 15) is 4.48 Å². The van der Waals surface area contributed by atoms with Gasteiger partial charge in [-0.25, -0.2) is 0 Å². The maximum absolute atomic E-state index is 13.1. The van der Waals surface area contributed by atoms with Crippen LogP contribution in [-0.2, 0) is 13.0 Å². The highest BCUT2D eigenvalue weighted by atomic mass is 19.2. The number of nitrogens with zero attached hydrogens (tertiary/aromatic N) is 3. The zero-order valence-electron chi connectivity index (χ0n) is 9.75. The van der Waals surface area contributed by atoms with Crippen molar-refractivity contribution in [2.75, 3.05) is 20.7 Å². The highest BCUT2D eigenvalue weighted by Crippen LogP contribution is 2.26. The topological polar surface area (TPSA) is 30.3 Å². The summed E-state index contributed by atoms with van der Waals surface area (Å²) in [5.74, 6) is 0.407. The molecular weight excluding hydrogens is 197 g/mol. The molecule has 1 aromatic rings. The number of fused-ring (bicyclic) bond motifs is 1. The quantitative estimate of drug-likeness (QED) is 0.713. The van der Waals surface area contributed by atoms with Crippen molar-refractivity contribution in [2.45, 2.75) is 26.8 Å². The van der Waals surface area contributed by atoms with E-state index in [1.54, 1.807) is 0 Å². The molecule has 0 saturated carbocycles. The first-order chi connectivity index (χ1) is 7.22. The van der Waals surface area contributed by atoms with Crippen LogP contribution in [0.1, 0.15) is 25.1 Å². The summed E-state index contributed by atoms with van der Waals surface area (Å²) in [5.41, 5.74) is 1.52. The summed E-state index contributed by atoms with van der Waals surface area (Å²) in [6.45, 7) is 5.58. The summed E-state index contributed by atoms with van der Waals surface area (Å²) in [4.78, 5) is 2.55. The summed E-state index contributed by atoms with van der Waals surface area (Å²) in [6, 6.07) is 0. The van der Waals surface area contributed by atoms with Gasteiger partial charge < -0.3 is 9.64 Å². The van der Waals surface area contributed by atoms with Gasteiger partial charge in [0.1, 0.15) is 0 Å². The van der Waals surface area contributed by atoms with Crippen molar-refractivity contribution in [3.05, 3.63) is 11.3 Å². The predicted octanol–water partition coefficient (Wildman–Crippen LogP) is 1.64. The van der Waals surface area contributed by atoms with E-state index in [-0.39, 0.29) is 0 Å². The van der Waals surface area contributed by atoms with Crippen molar-refractivity contribution < 1.29 is 9.22 Å². The molecule has 0 N–H and O–H groups in total. The monoisotopic (exact) mass is 215 g/mol. The molecule has 0 radical (unpaired) electrons. The Hall–Kier alpha value is -1.10. The second-order valence-electron chi connectivity index (χ2n) is 3.28. The molecule has 0 atom stereocenters. The summed E-state index contributed by atoms with van der Waals surface area (Å²) in [5, 5.41) is 3.65. The average molecular weight is 215 g/mol. The van der Waals surface area contributed by atoms with Gasteiger partial charge in [0.15, 0.2) is 0 Å². The lowest BCUT2D eigenvalue weighted by molar-refractivity contribution is 0.266. The smallest absolute Gasteiger partial charge is 0.240 e. The maximum Gasteiger partial charge on any atom is 0.240 e. The lowest BCUT2D eigenvalue weighted by Gasteiger charge is -2.21. The van der Waals surface area contributed by atoms with Crippen molar-refractivity contribution in [2.24, 2.45) is 0 Å². The molecular formula is C10H18FN3O. The van der Waals surface area contributed by atoms with E-state index in [2.05, 4.69) is 10.00 Å². The second-order valence-corrected chi connectivity index (χ2v) is 3.28. The summed E-state index contributed by atoms with van der Waals surface area (Å²) < 4.78 is 18.1. The Bertz CT molecular complexity index is 325. The summed E-state index contributed by atoms with van der Waals surface area (Å²) >= 11 is 0. The number of aromatic nitrogens is 2. The van der Waals surface area contributed by atoms with Gasteiger partial charge in [0, 0.05) is 19.5 Å². The third-order valence-electron chi connectivity index (χ3n) is 2.36. The fourth-order valence-corrected chi connectivity index (χ4v) is 1.65. The highest BCUT2D eigenvalue weighted by molar-refractivity contribution is 5.32. The van der Waals surface area contributed by atoms with E-state index in [1.165, 1.54) is 7.11 Å². The molecule has 0 spiro atoms. The zero-order valence-corrected chi connectivity index (χ0v) is 9.75. The molecule has 1 aliphatic heterocycles. The fraction of sp³-hybridized carbons (Fsp3) is 0.700. The third kappa shape index (κ3) is 2.28. The van der Waals surface area contributed by atoms with Gasteiger partial charge in [0.2, 0.25) is 5.88 Å². The molecule has 1 aliphatic rings. The van der Waals surface area contributed by atoms with Crippen LogP contribution < -0.4 is 4.74 Å². The van der Waals surface area contributed by atoms with Gasteiger partial charge in [-0.3, -0.25) is 0 Å². The summed E-state index contributed by atoms with van der Waals surface area (Å²) in [7, 11) is 3.51. The number of rotatable bonds is 1. The Morgan fingerprint density at radius 2 is 2.07 bits per heavy atom. The molecule has 15 heavy (non-hydrogen) atoms. The van der Waals surface area contributed by atoms with Gasteiger partial charge in [-0.2, -0.15) is 0 Å². The molecule has 0 saturated heterocycles. The van der Waals surface area contributed by atoms with Gasteiger partial charge >= 0.3 is 0 Å². The van der Waals surface area contributed by atoms with Gasteiger partial charge in [-0.15, -0.1) is 5.10 Å². The Labute approximate surface area is 89.6 Å². The van der Waals surface area contributed by atoms with E-state index >= 15 is 0 Å². The van der Waals surface area contributed by atoms with Crippen LogP contribution in [0.15, 0.2) is 0 Å². The normalized spacial score (nSPS) is 15.3. The molecule has 86 valence electrons. The molecule has 0 amide bonds. The molecule has 0 bridgehead atoms. The molecule has 4 nitrogen and oxygen atoms in total. The van der Waals surface area contributed by atoms with Crippen LogP contribution in [0.2, 0.25) is 0 Å². The molecule has 0 fully saturated rings. The molecule has 1 aromatic heterocycles. The first-order valence-electron chi connectivity index (χ1n) is 5.22. The number of methoxy groups -OCH3 is 1. The van der Waals surface area contributed by atoms with Gasteiger partial charge in [-0.1, -0.05) is 23.2 Å². The lowest BCUT2D eigenvalue weighted by atomic mass is 10.1. The van der Waals surface area contributed by atoms with E-state index < -0.39 is 0 Å². The molecule has 0 aromatic carbocycles. The first kappa shape index (κ1) is 12.0. The van der Waals surface area contributed by atoms with Crippen molar-refractivity contribution in [3.63, 3.8) is 0 Å². The standard InChI is InChI=1S/C8H12FN3O.C2H6/c1-11-4-3-7-6(5-11)8(13-2)10-12(7)9;1-2/h3-5H2,1-2H3;1-2H3. The van der Waals surface area contributed by atoms with Crippen LogP contribution in [0.3, 0.4) is 0 Å². The van der Waals surface area contributed by atoms with E-state index in [4.69, 9.17) is 4.74 Å². The minimum atomic E-state index is 0.407. The number of likely N-dealkylation sites (N-methyl/N-ethyl adjacent to an activating group) is 1. The Morgan fingerprint density at radius 1 is 1.40 bits per heavy atom. The highest BCUT2D eigenvalue weighted by Gasteiger charge is 2.23. The Balaban J connectivity index is 0.000000531. The van der Waals surface area contributed by atoms with Crippen LogP contribution in [-0.4, -0.2) is 35.6 Å². The van der Waals surface area contributed by atoms with Gasteiger partial charge in [-0.05, 0) is 7.05 Å². The van der Waals surface area contributed by atoms with Crippen LogP contribution in [0.4, 0.5) is 4.48 Å². The number of hydrogen-bond donors (Lipinski definition) is 0. The molecule has 0 aliphatic carbocycles. The van der Waals surface area contributed by atoms with Crippen LogP contribution >= 0.6 is 0 Å². The van der Waals surface area contributed by atoms with Crippen molar-refractivity contribution >= 4 is 0 Å². The molecule has 5 heteroatoms. The van der Waals surface area contributed by atoms with Crippen molar-refractivity contribution in [3.8, 4) is 5.88 Å². The van der Waals surface area contributed by atoms with Crippen LogP contribution in [0.5, 0.6) is 5.88 Å². The minimum absolute atomic E-state index is 0.407. The SMILES string of the molecule is CC.COc1nn(F)c2c1CN(C)CC2. The maximum atomic E-state index is 13.1. The molecule has 0 unspecified atom stereocenters. The van der Waals surface area contributed by atoms with Crippen molar-refractivity contribution in [1.82, 2.24) is 14.9 Å². The van der Waals surface area contributed by atoms with Crippen LogP contribution in [0.25, 0.3) is 0 Å². The number of halogens is 1. The third-order valence-corrected chi connectivity index (χ3v) is 2.36. The minimum Gasteiger partial charge on any atom is -0.480 e. The first-order valence-corrected chi connectivity index (χ1v) is 5.22. The lowest BCUT2D eigenvalue weighted by Crippen LogP contribution is -2.26. The Morgan fingerprint density at radius 3 is 2.67 bits per heavy atom. The summed E-state index contributed by atoms with van der Waals surface area (Å²) in [6.07, 6.45) is 0.693. The van der Waals surface area contributed by atoms with E-state index in [0.29, 0.717) is 29.4 Å². The fourth-order valence-electron chi connectivity index (χ4n) is 1.65. The molecule has 2 rings (SSSR count).